The van der Waals surface area contributed by atoms with Gasteiger partial charge in [0.05, 0.1) is 11.8 Å². The topological polar surface area (TPSA) is 72.9 Å². The van der Waals surface area contributed by atoms with Crippen LogP contribution in [0.3, 0.4) is 0 Å². The molecule has 1 aliphatic carbocycles. The van der Waals surface area contributed by atoms with E-state index in [9.17, 15) is 4.79 Å². The first-order valence-corrected chi connectivity index (χ1v) is 5.19. The van der Waals surface area contributed by atoms with Gasteiger partial charge < -0.3 is 11.1 Å². The molecule has 0 aromatic carbocycles. The van der Waals surface area contributed by atoms with E-state index >= 15 is 0 Å². The average Bonchev–Trinajstić information content (AvgIpc) is 2.97. The van der Waals surface area contributed by atoms with E-state index in [2.05, 4.69) is 10.4 Å². The van der Waals surface area contributed by atoms with Crippen LogP contribution in [-0.4, -0.2) is 28.3 Å². The molecule has 0 saturated heterocycles. The minimum Gasteiger partial charge on any atom is -0.350 e. The summed E-state index contributed by atoms with van der Waals surface area (Å²) in [5, 5.41) is 6.75. The molecule has 1 atom stereocenters. The van der Waals surface area contributed by atoms with Crippen molar-refractivity contribution in [3.05, 3.63) is 18.0 Å². The molecule has 1 saturated carbocycles. The van der Waals surface area contributed by atoms with Crippen molar-refractivity contribution in [3.8, 4) is 0 Å². The van der Waals surface area contributed by atoms with E-state index in [4.69, 9.17) is 5.73 Å². The highest BCUT2D eigenvalue weighted by Gasteiger charge is 2.28. The smallest absolute Gasteiger partial charge is 0.254 e. The van der Waals surface area contributed by atoms with Crippen LogP contribution in [-0.2, 0) is 7.05 Å². The van der Waals surface area contributed by atoms with Gasteiger partial charge >= 0.3 is 0 Å². The van der Waals surface area contributed by atoms with E-state index < -0.39 is 0 Å². The van der Waals surface area contributed by atoms with Crippen LogP contribution in [0.25, 0.3) is 0 Å². The van der Waals surface area contributed by atoms with Gasteiger partial charge in [0.1, 0.15) is 0 Å². The van der Waals surface area contributed by atoms with Crippen LogP contribution in [0, 0.1) is 5.92 Å². The zero-order chi connectivity index (χ0) is 10.8. The van der Waals surface area contributed by atoms with E-state index in [0.717, 1.165) is 0 Å². The number of amides is 1. The lowest BCUT2D eigenvalue weighted by molar-refractivity contribution is 0.0950. The fourth-order valence-corrected chi connectivity index (χ4v) is 1.54. The van der Waals surface area contributed by atoms with Crippen molar-refractivity contribution in [1.29, 1.82) is 0 Å². The van der Waals surface area contributed by atoms with Gasteiger partial charge in [0, 0.05) is 25.8 Å². The fourth-order valence-electron chi connectivity index (χ4n) is 1.54. The van der Waals surface area contributed by atoms with Gasteiger partial charge in [-0.1, -0.05) is 0 Å². The van der Waals surface area contributed by atoms with E-state index in [1.165, 1.54) is 12.8 Å². The second-order valence-electron chi connectivity index (χ2n) is 4.11. The highest BCUT2D eigenvalue weighted by molar-refractivity contribution is 5.93. The van der Waals surface area contributed by atoms with Crippen molar-refractivity contribution >= 4 is 5.91 Å². The maximum absolute atomic E-state index is 11.6. The molecule has 0 aliphatic heterocycles. The number of nitrogens with zero attached hydrogens (tertiary/aromatic N) is 2. The zero-order valence-corrected chi connectivity index (χ0v) is 8.81. The molecule has 0 radical (unpaired) electrons. The van der Waals surface area contributed by atoms with Gasteiger partial charge in [0.2, 0.25) is 0 Å². The molecule has 0 spiro atoms. The highest BCUT2D eigenvalue weighted by Crippen LogP contribution is 2.31. The molecular weight excluding hydrogens is 192 g/mol. The Labute approximate surface area is 88.6 Å². The maximum Gasteiger partial charge on any atom is 0.254 e. The Bertz CT molecular complexity index is 356. The van der Waals surface area contributed by atoms with Crippen LogP contribution in [0.2, 0.25) is 0 Å². The molecule has 1 unspecified atom stereocenters. The maximum atomic E-state index is 11.6. The monoisotopic (exact) mass is 208 g/mol. The van der Waals surface area contributed by atoms with Crippen LogP contribution < -0.4 is 11.1 Å². The van der Waals surface area contributed by atoms with Crippen LogP contribution in [0.5, 0.6) is 0 Å². The molecule has 1 aromatic heterocycles. The van der Waals surface area contributed by atoms with Crippen molar-refractivity contribution in [1.82, 2.24) is 15.1 Å². The van der Waals surface area contributed by atoms with E-state index in [1.807, 2.05) is 0 Å². The second-order valence-corrected chi connectivity index (χ2v) is 4.11. The summed E-state index contributed by atoms with van der Waals surface area (Å²) in [4.78, 5) is 11.6. The summed E-state index contributed by atoms with van der Waals surface area (Å²) in [6.07, 6.45) is 5.64. The third-order valence-electron chi connectivity index (χ3n) is 2.69. The van der Waals surface area contributed by atoms with Crippen LogP contribution in [0.15, 0.2) is 12.4 Å². The lowest BCUT2D eigenvalue weighted by Gasteiger charge is -2.10. The van der Waals surface area contributed by atoms with Gasteiger partial charge in [-0.2, -0.15) is 5.10 Å². The predicted molar refractivity (Wildman–Crippen MR) is 56.2 cm³/mol. The first-order valence-electron chi connectivity index (χ1n) is 5.19. The summed E-state index contributed by atoms with van der Waals surface area (Å²) in [7, 11) is 1.78. The predicted octanol–water partition coefficient (Wildman–Crippen LogP) is -0.113. The average molecular weight is 208 g/mol. The van der Waals surface area contributed by atoms with Crippen LogP contribution in [0.1, 0.15) is 23.2 Å². The molecule has 5 heteroatoms. The minimum atomic E-state index is -0.0980. The Balaban J connectivity index is 1.81. The summed E-state index contributed by atoms with van der Waals surface area (Å²) in [6, 6.07) is 0.102. The van der Waals surface area contributed by atoms with E-state index in [-0.39, 0.29) is 11.9 Å². The summed E-state index contributed by atoms with van der Waals surface area (Å²) in [5.74, 6) is 0.512. The van der Waals surface area contributed by atoms with Gasteiger partial charge in [-0.15, -0.1) is 0 Å². The molecular formula is C10H16N4O. The van der Waals surface area contributed by atoms with Gasteiger partial charge in [-0.25, -0.2) is 0 Å². The van der Waals surface area contributed by atoms with Gasteiger partial charge in [0.25, 0.3) is 5.91 Å². The SMILES string of the molecule is Cn1cc(C(=O)NCC(N)C2CC2)cn1. The molecule has 1 amide bonds. The molecule has 15 heavy (non-hydrogen) atoms. The number of carbonyl (C=O) groups excluding carboxylic acids is 1. The Kier molecular flexibility index (Phi) is 2.73. The number of hydrogen-bond acceptors (Lipinski definition) is 3. The lowest BCUT2D eigenvalue weighted by Crippen LogP contribution is -2.38. The van der Waals surface area contributed by atoms with Gasteiger partial charge in [-0.3, -0.25) is 9.48 Å². The van der Waals surface area contributed by atoms with Crippen LogP contribution >= 0.6 is 0 Å². The molecule has 3 N–H and O–H groups in total. The number of aromatic nitrogens is 2. The highest BCUT2D eigenvalue weighted by atomic mass is 16.1. The Hall–Kier alpha value is -1.36. The summed E-state index contributed by atoms with van der Waals surface area (Å²) in [6.45, 7) is 0.554. The molecule has 1 fully saturated rings. The summed E-state index contributed by atoms with van der Waals surface area (Å²) >= 11 is 0. The van der Waals surface area contributed by atoms with Crippen molar-refractivity contribution in [2.75, 3.05) is 6.54 Å². The van der Waals surface area contributed by atoms with Crippen molar-refractivity contribution in [2.24, 2.45) is 18.7 Å². The first kappa shape index (κ1) is 10.2. The number of aryl methyl sites for hydroxylation is 1. The third-order valence-corrected chi connectivity index (χ3v) is 2.69. The lowest BCUT2D eigenvalue weighted by atomic mass is 10.2. The molecule has 5 nitrogen and oxygen atoms in total. The third kappa shape index (κ3) is 2.56. The number of nitrogens with one attached hydrogen (secondary N) is 1. The molecule has 1 aliphatic rings. The number of nitrogens with two attached hydrogens (primary N) is 1. The number of rotatable bonds is 4. The first-order chi connectivity index (χ1) is 7.16. The Morgan fingerprint density at radius 3 is 3.07 bits per heavy atom. The largest absolute Gasteiger partial charge is 0.350 e. The molecule has 82 valence electrons. The molecule has 0 bridgehead atoms. The molecule has 1 aromatic rings. The quantitative estimate of drug-likeness (QED) is 0.725. The van der Waals surface area contributed by atoms with Crippen molar-refractivity contribution < 1.29 is 4.79 Å². The molecule has 2 rings (SSSR count). The number of carbonyl (C=O) groups is 1. The normalized spacial score (nSPS) is 17.5. The van der Waals surface area contributed by atoms with Crippen LogP contribution in [0.4, 0.5) is 0 Å². The van der Waals surface area contributed by atoms with Gasteiger partial charge in [-0.05, 0) is 18.8 Å². The van der Waals surface area contributed by atoms with Gasteiger partial charge in [0.15, 0.2) is 0 Å². The van der Waals surface area contributed by atoms with Crippen molar-refractivity contribution in [3.63, 3.8) is 0 Å². The standard InChI is InChI=1S/C10H16N4O/c1-14-6-8(4-13-14)10(15)12-5-9(11)7-2-3-7/h4,6-7,9H,2-3,5,11H2,1H3,(H,12,15). The zero-order valence-electron chi connectivity index (χ0n) is 8.81. The van der Waals surface area contributed by atoms with E-state index in [1.54, 1.807) is 24.1 Å². The van der Waals surface area contributed by atoms with E-state index in [0.29, 0.717) is 18.0 Å². The van der Waals surface area contributed by atoms with Crippen molar-refractivity contribution in [2.45, 2.75) is 18.9 Å². The molecule has 1 heterocycles. The number of hydrogen-bond donors (Lipinski definition) is 2. The minimum absolute atomic E-state index is 0.0980. The summed E-state index contributed by atoms with van der Waals surface area (Å²) < 4.78 is 1.61. The Morgan fingerprint density at radius 1 is 1.80 bits per heavy atom. The Morgan fingerprint density at radius 2 is 2.53 bits per heavy atom. The summed E-state index contributed by atoms with van der Waals surface area (Å²) in [5.41, 5.74) is 6.46. The fraction of sp³-hybridized carbons (Fsp3) is 0.600. The second kappa shape index (κ2) is 4.02.